The average molecular weight is 348 g/mol. The van der Waals surface area contributed by atoms with Crippen molar-refractivity contribution in [2.75, 3.05) is 5.32 Å². The standard InChI is InChI=1S/C15H10ClN3O5/c16-9-2-1-3-10(6-9)17-14(20)8-18-12-7-11(19(22)23)4-5-13(12)24-15(18)21/h1-7H,8H2,(H,17,20). The number of hydrogen-bond acceptors (Lipinski definition) is 5. The number of hydrogen-bond donors (Lipinski definition) is 1. The molecule has 1 heterocycles. The molecule has 0 atom stereocenters. The van der Waals surface area contributed by atoms with Crippen molar-refractivity contribution < 1.29 is 14.1 Å². The second kappa shape index (κ2) is 6.17. The van der Waals surface area contributed by atoms with Crippen LogP contribution in [0.5, 0.6) is 0 Å². The summed E-state index contributed by atoms with van der Waals surface area (Å²) < 4.78 is 6.02. The van der Waals surface area contributed by atoms with E-state index in [4.69, 9.17) is 16.0 Å². The Morgan fingerprint density at radius 2 is 2.08 bits per heavy atom. The van der Waals surface area contributed by atoms with Gasteiger partial charge in [0.15, 0.2) is 5.58 Å². The maximum atomic E-state index is 12.1. The molecule has 2 aromatic carbocycles. The molecule has 0 spiro atoms. The monoisotopic (exact) mass is 347 g/mol. The first-order valence-electron chi connectivity index (χ1n) is 6.77. The lowest BCUT2D eigenvalue weighted by Gasteiger charge is -2.06. The highest BCUT2D eigenvalue weighted by atomic mass is 35.5. The molecule has 1 aromatic heterocycles. The zero-order valence-corrected chi connectivity index (χ0v) is 12.8. The minimum Gasteiger partial charge on any atom is -0.408 e. The van der Waals surface area contributed by atoms with Gasteiger partial charge in [-0.1, -0.05) is 17.7 Å². The third kappa shape index (κ3) is 3.13. The van der Waals surface area contributed by atoms with Gasteiger partial charge in [-0.25, -0.2) is 4.79 Å². The van der Waals surface area contributed by atoms with Gasteiger partial charge in [0, 0.05) is 22.8 Å². The maximum absolute atomic E-state index is 12.1. The molecule has 0 aliphatic carbocycles. The van der Waals surface area contributed by atoms with Crippen molar-refractivity contribution in [2.24, 2.45) is 0 Å². The van der Waals surface area contributed by atoms with Crippen molar-refractivity contribution >= 4 is 40.0 Å². The molecule has 122 valence electrons. The van der Waals surface area contributed by atoms with Crippen LogP contribution >= 0.6 is 11.6 Å². The molecule has 0 radical (unpaired) electrons. The normalized spacial score (nSPS) is 10.7. The maximum Gasteiger partial charge on any atom is 0.420 e. The Kier molecular flexibility index (Phi) is 4.05. The van der Waals surface area contributed by atoms with Gasteiger partial charge in [-0.05, 0) is 24.3 Å². The zero-order valence-electron chi connectivity index (χ0n) is 12.1. The van der Waals surface area contributed by atoms with Gasteiger partial charge in [0.05, 0.1) is 10.4 Å². The van der Waals surface area contributed by atoms with Crippen LogP contribution in [0.2, 0.25) is 5.02 Å². The van der Waals surface area contributed by atoms with Crippen molar-refractivity contribution in [1.82, 2.24) is 4.57 Å². The van der Waals surface area contributed by atoms with E-state index in [9.17, 15) is 19.7 Å². The van der Waals surface area contributed by atoms with Gasteiger partial charge in [-0.15, -0.1) is 0 Å². The summed E-state index contributed by atoms with van der Waals surface area (Å²) in [6.07, 6.45) is 0. The van der Waals surface area contributed by atoms with Crippen LogP contribution in [0, 0.1) is 10.1 Å². The smallest absolute Gasteiger partial charge is 0.408 e. The minimum atomic E-state index is -0.772. The Balaban J connectivity index is 1.90. The fraction of sp³-hybridized carbons (Fsp3) is 0.0667. The van der Waals surface area contributed by atoms with Crippen molar-refractivity contribution in [3.05, 3.63) is 68.2 Å². The van der Waals surface area contributed by atoms with Crippen LogP contribution in [-0.2, 0) is 11.3 Å². The summed E-state index contributed by atoms with van der Waals surface area (Å²) in [4.78, 5) is 34.3. The second-order valence-corrected chi connectivity index (χ2v) is 5.36. The van der Waals surface area contributed by atoms with Gasteiger partial charge in [0.2, 0.25) is 5.91 Å². The summed E-state index contributed by atoms with van der Waals surface area (Å²) >= 11 is 5.84. The molecule has 8 nitrogen and oxygen atoms in total. The van der Waals surface area contributed by atoms with Gasteiger partial charge < -0.3 is 9.73 Å². The number of anilines is 1. The van der Waals surface area contributed by atoms with Crippen LogP contribution in [0.4, 0.5) is 11.4 Å². The van der Waals surface area contributed by atoms with E-state index in [1.165, 1.54) is 18.2 Å². The first-order valence-corrected chi connectivity index (χ1v) is 7.15. The van der Waals surface area contributed by atoms with Crippen molar-refractivity contribution in [2.45, 2.75) is 6.54 Å². The van der Waals surface area contributed by atoms with Crippen LogP contribution in [-0.4, -0.2) is 15.4 Å². The molecule has 3 rings (SSSR count). The number of nitrogens with one attached hydrogen (secondary N) is 1. The van der Waals surface area contributed by atoms with Crippen LogP contribution in [0.1, 0.15) is 0 Å². The van der Waals surface area contributed by atoms with Gasteiger partial charge in [0.25, 0.3) is 5.69 Å². The van der Waals surface area contributed by atoms with E-state index in [-0.39, 0.29) is 23.3 Å². The Hall–Kier alpha value is -3.13. The molecule has 0 unspecified atom stereocenters. The number of carbonyl (C=O) groups is 1. The fourth-order valence-corrected chi connectivity index (χ4v) is 2.41. The molecule has 3 aromatic rings. The van der Waals surface area contributed by atoms with Crippen LogP contribution in [0.3, 0.4) is 0 Å². The first-order chi connectivity index (χ1) is 11.4. The summed E-state index contributed by atoms with van der Waals surface area (Å²) in [5.41, 5.74) is 0.614. The van der Waals surface area contributed by atoms with E-state index < -0.39 is 16.6 Å². The molecule has 24 heavy (non-hydrogen) atoms. The van der Waals surface area contributed by atoms with E-state index in [0.717, 1.165) is 4.57 Å². The number of aromatic nitrogens is 1. The predicted molar refractivity (Wildman–Crippen MR) is 87.2 cm³/mol. The van der Waals surface area contributed by atoms with E-state index >= 15 is 0 Å². The molecule has 0 saturated carbocycles. The topological polar surface area (TPSA) is 107 Å². The van der Waals surface area contributed by atoms with E-state index in [2.05, 4.69) is 5.32 Å². The molecule has 0 aliphatic rings. The Morgan fingerprint density at radius 3 is 2.79 bits per heavy atom. The van der Waals surface area contributed by atoms with E-state index in [0.29, 0.717) is 10.7 Å². The Bertz CT molecular complexity index is 1010. The van der Waals surface area contributed by atoms with E-state index in [1.54, 1.807) is 24.3 Å². The Labute approximate surface area is 139 Å². The zero-order chi connectivity index (χ0) is 17.3. The third-order valence-electron chi connectivity index (χ3n) is 3.27. The van der Waals surface area contributed by atoms with Gasteiger partial charge in [-0.3, -0.25) is 19.5 Å². The second-order valence-electron chi connectivity index (χ2n) is 4.92. The summed E-state index contributed by atoms with van der Waals surface area (Å²) in [6, 6.07) is 10.3. The van der Waals surface area contributed by atoms with Crippen molar-refractivity contribution in [3.8, 4) is 0 Å². The molecule has 0 fully saturated rings. The Morgan fingerprint density at radius 1 is 1.29 bits per heavy atom. The number of nitro groups is 1. The molecular formula is C15H10ClN3O5. The largest absolute Gasteiger partial charge is 0.420 e. The lowest BCUT2D eigenvalue weighted by atomic mass is 10.3. The number of non-ortho nitro benzene ring substituents is 1. The van der Waals surface area contributed by atoms with Gasteiger partial charge in [-0.2, -0.15) is 0 Å². The molecule has 1 N–H and O–H groups in total. The number of carbonyl (C=O) groups excluding carboxylic acids is 1. The number of halogens is 1. The number of nitro benzene ring substituents is 1. The number of oxazole rings is 1. The number of amides is 1. The highest BCUT2D eigenvalue weighted by Crippen LogP contribution is 2.20. The highest BCUT2D eigenvalue weighted by Gasteiger charge is 2.16. The van der Waals surface area contributed by atoms with E-state index in [1.807, 2.05) is 0 Å². The molecule has 0 aliphatic heterocycles. The molecular weight excluding hydrogens is 338 g/mol. The highest BCUT2D eigenvalue weighted by molar-refractivity contribution is 6.30. The van der Waals surface area contributed by atoms with Crippen molar-refractivity contribution in [3.63, 3.8) is 0 Å². The minimum absolute atomic E-state index is 0.168. The van der Waals surface area contributed by atoms with Crippen LogP contribution in [0.15, 0.2) is 51.7 Å². The summed E-state index contributed by atoms with van der Waals surface area (Å²) in [5.74, 6) is -1.26. The average Bonchev–Trinajstić information content (AvgIpc) is 2.82. The number of benzene rings is 2. The fourth-order valence-electron chi connectivity index (χ4n) is 2.22. The summed E-state index contributed by atoms with van der Waals surface area (Å²) in [7, 11) is 0. The molecule has 9 heteroatoms. The van der Waals surface area contributed by atoms with Gasteiger partial charge in [0.1, 0.15) is 6.54 Å². The van der Waals surface area contributed by atoms with Crippen LogP contribution in [0.25, 0.3) is 11.1 Å². The SMILES string of the molecule is O=C(Cn1c(=O)oc2ccc([N+](=O)[O-])cc21)Nc1cccc(Cl)c1. The molecule has 1 amide bonds. The lowest BCUT2D eigenvalue weighted by molar-refractivity contribution is -0.384. The molecule has 0 saturated heterocycles. The number of rotatable bonds is 4. The number of nitrogens with zero attached hydrogens (tertiary/aromatic N) is 2. The lowest BCUT2D eigenvalue weighted by Crippen LogP contribution is -2.24. The predicted octanol–water partition coefficient (Wildman–Crippen LogP) is 2.79. The quantitative estimate of drug-likeness (QED) is 0.576. The third-order valence-corrected chi connectivity index (χ3v) is 3.51. The summed E-state index contributed by atoms with van der Waals surface area (Å²) in [5, 5.41) is 13.9. The van der Waals surface area contributed by atoms with Crippen molar-refractivity contribution in [1.29, 1.82) is 0 Å². The van der Waals surface area contributed by atoms with Crippen LogP contribution < -0.4 is 11.1 Å². The summed E-state index contributed by atoms with van der Waals surface area (Å²) in [6.45, 7) is -0.348. The number of fused-ring (bicyclic) bond motifs is 1. The first kappa shape index (κ1) is 15.8. The van der Waals surface area contributed by atoms with Gasteiger partial charge >= 0.3 is 5.76 Å². The molecule has 0 bridgehead atoms.